The fourth-order valence-corrected chi connectivity index (χ4v) is 4.93. The first-order chi connectivity index (χ1) is 16.8. The van der Waals surface area contributed by atoms with Gasteiger partial charge in [0.05, 0.1) is 18.7 Å². The Kier molecular flexibility index (Phi) is 7.39. The fraction of sp³-hybridized carbons (Fsp3) is 0.261. The molecule has 2 aromatic carbocycles. The maximum absolute atomic E-state index is 12.9. The summed E-state index contributed by atoms with van der Waals surface area (Å²) in [5, 5.41) is 7.94. The van der Waals surface area contributed by atoms with Crippen molar-refractivity contribution in [2.75, 3.05) is 32.2 Å². The second-order valence-corrected chi connectivity index (χ2v) is 9.63. The maximum atomic E-state index is 12.9. The van der Waals surface area contributed by atoms with Crippen molar-refractivity contribution < 1.29 is 22.6 Å². The first-order valence-corrected chi connectivity index (χ1v) is 12.5. The fourth-order valence-electron chi connectivity index (χ4n) is 3.35. The first-order valence-electron chi connectivity index (χ1n) is 10.6. The quantitative estimate of drug-likeness (QED) is 0.299. The van der Waals surface area contributed by atoms with Crippen LogP contribution in [0.25, 0.3) is 22.4 Å². The maximum Gasteiger partial charge on any atom is 0.263 e. The monoisotopic (exact) mass is 517 g/mol. The highest BCUT2D eigenvalue weighted by molar-refractivity contribution is 7.92. The number of methoxy groups -OCH3 is 2. The van der Waals surface area contributed by atoms with E-state index >= 15 is 0 Å². The molecule has 0 radical (unpaired) electrons. The molecule has 12 heteroatoms. The summed E-state index contributed by atoms with van der Waals surface area (Å²) in [4.78, 5) is 9.02. The van der Waals surface area contributed by atoms with Gasteiger partial charge < -0.3 is 14.2 Å². The summed E-state index contributed by atoms with van der Waals surface area (Å²) in [6, 6.07) is 11.1. The third-order valence-corrected chi connectivity index (χ3v) is 6.98. The topological polar surface area (TPSA) is 128 Å². The first kappa shape index (κ1) is 24.7. The minimum atomic E-state index is -3.94. The lowest BCUT2D eigenvalue weighted by Crippen LogP contribution is -2.13. The van der Waals surface area contributed by atoms with Crippen LogP contribution in [0.15, 0.2) is 47.4 Å². The van der Waals surface area contributed by atoms with Gasteiger partial charge in [0.1, 0.15) is 16.0 Å². The highest BCUT2D eigenvalue weighted by Crippen LogP contribution is 2.30. The highest BCUT2D eigenvalue weighted by Gasteiger charge is 2.20. The second kappa shape index (κ2) is 10.5. The predicted octanol–water partition coefficient (Wildman–Crippen LogP) is 4.21. The number of hydrogen-bond donors (Lipinski definition) is 2. The number of rotatable bonds is 10. The van der Waals surface area contributed by atoms with Crippen LogP contribution in [0.2, 0.25) is 5.02 Å². The average molecular weight is 518 g/mol. The number of H-pyrrole nitrogens is 1. The largest absolute Gasteiger partial charge is 0.497 e. The van der Waals surface area contributed by atoms with E-state index in [1.807, 2.05) is 6.92 Å². The lowest BCUT2D eigenvalue weighted by Gasteiger charge is -2.12. The Bertz CT molecular complexity index is 1440. The number of aromatic nitrogens is 4. The van der Waals surface area contributed by atoms with Gasteiger partial charge in [-0.15, -0.1) is 0 Å². The van der Waals surface area contributed by atoms with E-state index in [0.29, 0.717) is 59.4 Å². The number of fused-ring (bicyclic) bond motifs is 1. The zero-order valence-electron chi connectivity index (χ0n) is 19.3. The molecule has 0 atom stereocenters. The van der Waals surface area contributed by atoms with Crippen LogP contribution >= 0.6 is 11.6 Å². The van der Waals surface area contributed by atoms with Crippen molar-refractivity contribution in [3.63, 3.8) is 0 Å². The smallest absolute Gasteiger partial charge is 0.263 e. The number of hydrogen-bond acceptors (Lipinski definition) is 8. The number of nitrogens with zero attached hydrogens (tertiary/aromatic N) is 3. The van der Waals surface area contributed by atoms with Crippen LogP contribution in [-0.2, 0) is 14.8 Å². The minimum Gasteiger partial charge on any atom is -0.497 e. The highest BCUT2D eigenvalue weighted by atomic mass is 35.5. The van der Waals surface area contributed by atoms with Crippen LogP contribution in [0.4, 0.5) is 5.69 Å². The molecule has 0 bridgehead atoms. The molecule has 0 aliphatic rings. The van der Waals surface area contributed by atoms with Crippen LogP contribution in [0.1, 0.15) is 12.1 Å². The van der Waals surface area contributed by atoms with Gasteiger partial charge in [0.15, 0.2) is 11.5 Å². The number of ether oxygens (including phenoxy) is 3. The van der Waals surface area contributed by atoms with Crippen LogP contribution in [-0.4, -0.2) is 56.0 Å². The second-order valence-electron chi connectivity index (χ2n) is 7.57. The zero-order valence-corrected chi connectivity index (χ0v) is 20.9. The molecule has 10 nitrogen and oxygen atoms in total. The summed E-state index contributed by atoms with van der Waals surface area (Å²) in [5.74, 6) is 1.20. The van der Waals surface area contributed by atoms with Crippen molar-refractivity contribution in [1.82, 2.24) is 20.2 Å². The zero-order chi connectivity index (χ0) is 25.0. The van der Waals surface area contributed by atoms with E-state index in [1.54, 1.807) is 37.4 Å². The van der Waals surface area contributed by atoms with Crippen molar-refractivity contribution in [2.45, 2.75) is 18.2 Å². The van der Waals surface area contributed by atoms with Crippen LogP contribution in [0.3, 0.4) is 0 Å². The van der Waals surface area contributed by atoms with E-state index in [4.69, 9.17) is 25.8 Å². The number of aryl methyl sites for hydroxylation is 1. The van der Waals surface area contributed by atoms with Gasteiger partial charge in [-0.05, 0) is 43.3 Å². The summed E-state index contributed by atoms with van der Waals surface area (Å²) in [5.41, 5.74) is 2.29. The molecule has 0 aliphatic heterocycles. The molecule has 0 unspecified atom stereocenters. The molecular weight excluding hydrogens is 494 g/mol. The van der Waals surface area contributed by atoms with Gasteiger partial charge in [0.2, 0.25) is 5.88 Å². The third-order valence-electron chi connectivity index (χ3n) is 5.12. The van der Waals surface area contributed by atoms with E-state index in [2.05, 4.69) is 24.9 Å². The molecule has 184 valence electrons. The van der Waals surface area contributed by atoms with Gasteiger partial charge >= 0.3 is 0 Å². The molecule has 2 heterocycles. The van der Waals surface area contributed by atoms with E-state index in [-0.39, 0.29) is 9.92 Å². The Hall–Kier alpha value is -3.41. The summed E-state index contributed by atoms with van der Waals surface area (Å²) < 4.78 is 44.3. The number of anilines is 1. The van der Waals surface area contributed by atoms with E-state index in [9.17, 15) is 8.42 Å². The Balaban J connectivity index is 1.59. The van der Waals surface area contributed by atoms with Gasteiger partial charge in [-0.1, -0.05) is 11.6 Å². The van der Waals surface area contributed by atoms with Crippen molar-refractivity contribution in [1.29, 1.82) is 0 Å². The summed E-state index contributed by atoms with van der Waals surface area (Å²) in [6.07, 6.45) is 0.709. The van der Waals surface area contributed by atoms with Crippen molar-refractivity contribution in [3.05, 3.63) is 53.2 Å². The van der Waals surface area contributed by atoms with Crippen LogP contribution < -0.4 is 14.2 Å². The molecule has 0 spiro atoms. The molecule has 0 aliphatic carbocycles. The van der Waals surface area contributed by atoms with Gasteiger partial charge in [-0.3, -0.25) is 9.82 Å². The van der Waals surface area contributed by atoms with Crippen LogP contribution in [0.5, 0.6) is 11.6 Å². The third kappa shape index (κ3) is 5.47. The molecule has 4 rings (SSSR count). The van der Waals surface area contributed by atoms with Crippen molar-refractivity contribution in [2.24, 2.45) is 0 Å². The van der Waals surface area contributed by atoms with Gasteiger partial charge in [-0.25, -0.2) is 13.4 Å². The van der Waals surface area contributed by atoms with Gasteiger partial charge in [0.25, 0.3) is 10.0 Å². The van der Waals surface area contributed by atoms with Crippen molar-refractivity contribution >= 4 is 38.3 Å². The molecule has 4 aromatic rings. The van der Waals surface area contributed by atoms with E-state index in [0.717, 1.165) is 5.69 Å². The standard InChI is InChI=1S/C23H24ClN5O5S/c1-14-20-22(28-27-14)25-21(26-23(20)34-12-4-11-32-2)15-5-7-16(8-6-15)29-35(30,31)19-13-17(33-3)9-10-18(19)24/h5-10,13,29H,4,11-12H2,1-3H3,(H,25,26,27,28). The number of halogens is 1. The minimum absolute atomic E-state index is 0.0828. The van der Waals surface area contributed by atoms with Gasteiger partial charge in [0, 0.05) is 43.1 Å². The predicted molar refractivity (Wildman–Crippen MR) is 133 cm³/mol. The molecule has 0 fully saturated rings. The number of nitrogens with one attached hydrogen (secondary N) is 2. The Morgan fingerprint density at radius 3 is 2.54 bits per heavy atom. The molecule has 2 N–H and O–H groups in total. The molecule has 35 heavy (non-hydrogen) atoms. The summed E-state index contributed by atoms with van der Waals surface area (Å²) >= 11 is 6.11. The molecule has 2 aromatic heterocycles. The Labute approximate surface area is 207 Å². The van der Waals surface area contributed by atoms with Crippen molar-refractivity contribution in [3.8, 4) is 23.0 Å². The Morgan fingerprint density at radius 1 is 1.06 bits per heavy atom. The average Bonchev–Trinajstić information content (AvgIpc) is 3.23. The normalized spacial score (nSPS) is 11.5. The summed E-state index contributed by atoms with van der Waals surface area (Å²) in [7, 11) is -0.854. The molecule has 0 amide bonds. The number of benzene rings is 2. The molecule has 0 saturated carbocycles. The number of aromatic amines is 1. The molecule has 0 saturated heterocycles. The Morgan fingerprint density at radius 2 is 1.83 bits per heavy atom. The van der Waals surface area contributed by atoms with E-state index < -0.39 is 10.0 Å². The lowest BCUT2D eigenvalue weighted by molar-refractivity contribution is 0.171. The number of sulfonamides is 1. The van der Waals surface area contributed by atoms with Crippen LogP contribution in [0, 0.1) is 6.92 Å². The van der Waals surface area contributed by atoms with Gasteiger partial charge in [-0.2, -0.15) is 10.1 Å². The summed E-state index contributed by atoms with van der Waals surface area (Å²) in [6.45, 7) is 2.87. The lowest BCUT2D eigenvalue weighted by atomic mass is 10.2. The SMILES string of the molecule is COCCCOc1nc(-c2ccc(NS(=O)(=O)c3cc(OC)ccc3Cl)cc2)nc2n[nH]c(C)c12. The van der Waals surface area contributed by atoms with E-state index in [1.165, 1.54) is 19.2 Å². The molecular formula is C23H24ClN5O5S.